The number of thioether (sulfide) groups is 1. The molecule has 0 aliphatic rings. The highest BCUT2D eigenvalue weighted by Crippen LogP contribution is 2.33. The molecule has 0 radical (unpaired) electrons. The van der Waals surface area contributed by atoms with Gasteiger partial charge in [-0.05, 0) is 24.3 Å². The minimum Gasteiger partial charge on any atom is -0.497 e. The minimum atomic E-state index is -0.373. The molecule has 0 saturated carbocycles. The van der Waals surface area contributed by atoms with Crippen LogP contribution in [0.5, 0.6) is 11.5 Å². The molecule has 1 amide bonds. The van der Waals surface area contributed by atoms with Gasteiger partial charge in [-0.3, -0.25) is 4.79 Å². The maximum absolute atomic E-state index is 13.1. The first-order valence-electron chi connectivity index (χ1n) is 9.13. The topological polar surface area (TPSA) is 86.5 Å². The predicted octanol–water partition coefficient (Wildman–Crippen LogP) is 4.78. The van der Waals surface area contributed by atoms with Crippen LogP contribution in [0.25, 0.3) is 11.0 Å². The van der Waals surface area contributed by atoms with Crippen molar-refractivity contribution in [2.45, 2.75) is 10.9 Å². The molecule has 0 spiro atoms. The van der Waals surface area contributed by atoms with E-state index >= 15 is 0 Å². The number of hydrogen-bond donors (Lipinski definition) is 1. The molecule has 0 aliphatic heterocycles. The van der Waals surface area contributed by atoms with Gasteiger partial charge in [0.2, 0.25) is 0 Å². The number of benzene rings is 2. The molecule has 2 aromatic carbocycles. The Bertz CT molecular complexity index is 1180. The molecule has 7 nitrogen and oxygen atoms in total. The summed E-state index contributed by atoms with van der Waals surface area (Å²) in [5.41, 5.74) is 1.92. The number of anilines is 1. The number of ether oxygens (including phenoxy) is 2. The van der Waals surface area contributed by atoms with Crippen LogP contribution in [0, 0.1) is 0 Å². The summed E-state index contributed by atoms with van der Waals surface area (Å²) in [6.07, 6.45) is 3.37. The molecule has 0 unspecified atom stereocenters. The fraction of sp³-hybridized carbons (Fsp3) is 0.136. The zero-order valence-electron chi connectivity index (χ0n) is 16.4. The molecule has 152 valence electrons. The highest BCUT2D eigenvalue weighted by Gasteiger charge is 2.22. The van der Waals surface area contributed by atoms with Crippen LogP contribution in [0.1, 0.15) is 16.1 Å². The summed E-state index contributed by atoms with van der Waals surface area (Å²) >= 11 is 1.44. The van der Waals surface area contributed by atoms with Crippen molar-refractivity contribution in [3.63, 3.8) is 0 Å². The average molecular weight is 421 g/mol. The van der Waals surface area contributed by atoms with Crippen LogP contribution in [0.2, 0.25) is 0 Å². The van der Waals surface area contributed by atoms with Crippen LogP contribution in [-0.4, -0.2) is 30.1 Å². The Morgan fingerprint density at radius 1 is 1.07 bits per heavy atom. The molecular weight excluding hydrogens is 402 g/mol. The lowest BCUT2D eigenvalue weighted by molar-refractivity contribution is 0.0997. The van der Waals surface area contributed by atoms with Crippen molar-refractivity contribution in [2.24, 2.45) is 0 Å². The van der Waals surface area contributed by atoms with E-state index in [1.807, 2.05) is 24.3 Å². The number of carbonyl (C=O) groups excluding carboxylic acids is 1. The fourth-order valence-corrected chi connectivity index (χ4v) is 3.84. The fourth-order valence-electron chi connectivity index (χ4n) is 3.01. The minimum absolute atomic E-state index is 0.240. The van der Waals surface area contributed by atoms with E-state index in [0.717, 1.165) is 10.9 Å². The average Bonchev–Trinajstić information content (AvgIpc) is 3.17. The van der Waals surface area contributed by atoms with Crippen molar-refractivity contribution in [1.29, 1.82) is 0 Å². The lowest BCUT2D eigenvalue weighted by atomic mass is 10.1. The summed E-state index contributed by atoms with van der Waals surface area (Å²) < 4.78 is 16.5. The van der Waals surface area contributed by atoms with Gasteiger partial charge in [-0.15, -0.1) is 0 Å². The SMILES string of the molecule is COc1ccc(OC)c(NC(=O)c2oc3ccccc3c2CSc2ncccn2)c1. The molecule has 1 N–H and O–H groups in total. The highest BCUT2D eigenvalue weighted by atomic mass is 32.2. The van der Waals surface area contributed by atoms with Crippen LogP contribution in [0.3, 0.4) is 0 Å². The first-order chi connectivity index (χ1) is 14.7. The van der Waals surface area contributed by atoms with E-state index < -0.39 is 0 Å². The third-order valence-corrected chi connectivity index (χ3v) is 5.35. The molecule has 4 rings (SSSR count). The van der Waals surface area contributed by atoms with Crippen LogP contribution >= 0.6 is 11.8 Å². The monoisotopic (exact) mass is 421 g/mol. The Morgan fingerprint density at radius 3 is 2.63 bits per heavy atom. The van der Waals surface area contributed by atoms with Crippen molar-refractivity contribution in [3.8, 4) is 11.5 Å². The quantitative estimate of drug-likeness (QED) is 0.339. The standard InChI is InChI=1S/C22H19N3O4S/c1-27-14-8-9-19(28-2)17(12-14)25-21(26)20-16(13-30-22-23-10-5-11-24-22)15-6-3-4-7-18(15)29-20/h3-12H,13H2,1-2H3,(H,25,26). The molecule has 2 aromatic heterocycles. The van der Waals surface area contributed by atoms with Crippen molar-refractivity contribution in [3.05, 3.63) is 72.2 Å². The van der Waals surface area contributed by atoms with Gasteiger partial charge in [-0.25, -0.2) is 9.97 Å². The van der Waals surface area contributed by atoms with Crippen molar-refractivity contribution < 1.29 is 18.7 Å². The maximum Gasteiger partial charge on any atom is 0.291 e. The third-order valence-electron chi connectivity index (χ3n) is 4.45. The van der Waals surface area contributed by atoms with Crippen molar-refractivity contribution in [1.82, 2.24) is 9.97 Å². The molecule has 0 fully saturated rings. The van der Waals surface area contributed by atoms with Crippen LogP contribution in [-0.2, 0) is 5.75 Å². The first-order valence-corrected chi connectivity index (χ1v) is 10.1. The van der Waals surface area contributed by atoms with E-state index in [4.69, 9.17) is 13.9 Å². The van der Waals surface area contributed by atoms with Gasteiger partial charge < -0.3 is 19.2 Å². The first kappa shape index (κ1) is 19.8. The number of rotatable bonds is 7. The second-order valence-electron chi connectivity index (χ2n) is 6.25. The maximum atomic E-state index is 13.1. The summed E-state index contributed by atoms with van der Waals surface area (Å²) in [6, 6.07) is 14.5. The molecule has 2 heterocycles. The van der Waals surface area contributed by atoms with Crippen molar-refractivity contribution in [2.75, 3.05) is 19.5 Å². The number of hydrogen-bond acceptors (Lipinski definition) is 7. The van der Waals surface area contributed by atoms with E-state index in [9.17, 15) is 4.79 Å². The van der Waals surface area contributed by atoms with Gasteiger partial charge in [0.25, 0.3) is 5.91 Å². The number of furan rings is 1. The molecule has 4 aromatic rings. The summed E-state index contributed by atoms with van der Waals surface area (Å²) in [6.45, 7) is 0. The van der Waals surface area contributed by atoms with Gasteiger partial charge >= 0.3 is 0 Å². The summed E-state index contributed by atoms with van der Waals surface area (Å²) in [4.78, 5) is 21.6. The lowest BCUT2D eigenvalue weighted by Crippen LogP contribution is -2.13. The van der Waals surface area contributed by atoms with Gasteiger partial charge in [0.05, 0.1) is 19.9 Å². The number of aromatic nitrogens is 2. The predicted molar refractivity (Wildman–Crippen MR) is 115 cm³/mol. The molecule has 0 aliphatic carbocycles. The Morgan fingerprint density at radius 2 is 1.87 bits per heavy atom. The van der Waals surface area contributed by atoms with Gasteiger partial charge in [0, 0.05) is 35.2 Å². The third kappa shape index (κ3) is 4.08. The Balaban J connectivity index is 1.67. The van der Waals surface area contributed by atoms with Crippen LogP contribution in [0.4, 0.5) is 5.69 Å². The Labute approximate surface area is 177 Å². The van der Waals surface area contributed by atoms with Gasteiger partial charge in [0.15, 0.2) is 10.9 Å². The van der Waals surface area contributed by atoms with E-state index in [-0.39, 0.29) is 11.7 Å². The summed E-state index contributed by atoms with van der Waals surface area (Å²) in [5, 5.41) is 4.38. The van der Waals surface area contributed by atoms with Crippen molar-refractivity contribution >= 4 is 34.3 Å². The number of carbonyl (C=O) groups is 1. The molecular formula is C22H19N3O4S. The van der Waals surface area contributed by atoms with E-state index in [1.54, 1.807) is 50.9 Å². The zero-order valence-corrected chi connectivity index (χ0v) is 17.2. The number of nitrogens with zero attached hydrogens (tertiary/aromatic N) is 2. The lowest BCUT2D eigenvalue weighted by Gasteiger charge is -2.11. The summed E-state index contributed by atoms with van der Waals surface area (Å²) in [5.74, 6) is 1.48. The molecule has 0 saturated heterocycles. The second kappa shape index (κ2) is 8.87. The summed E-state index contributed by atoms with van der Waals surface area (Å²) in [7, 11) is 3.11. The molecule has 0 bridgehead atoms. The molecule has 0 atom stereocenters. The number of amides is 1. The smallest absolute Gasteiger partial charge is 0.291 e. The normalized spacial score (nSPS) is 10.7. The van der Waals surface area contributed by atoms with Gasteiger partial charge in [-0.2, -0.15) is 0 Å². The Kier molecular flexibility index (Phi) is 5.85. The molecule has 30 heavy (non-hydrogen) atoms. The zero-order chi connectivity index (χ0) is 20.9. The van der Waals surface area contributed by atoms with E-state index in [0.29, 0.717) is 33.7 Å². The second-order valence-corrected chi connectivity index (χ2v) is 7.19. The molecule has 8 heteroatoms. The van der Waals surface area contributed by atoms with Gasteiger partial charge in [-0.1, -0.05) is 30.0 Å². The van der Waals surface area contributed by atoms with Gasteiger partial charge in [0.1, 0.15) is 17.1 Å². The van der Waals surface area contributed by atoms with Crippen LogP contribution < -0.4 is 14.8 Å². The number of methoxy groups -OCH3 is 2. The van der Waals surface area contributed by atoms with E-state index in [2.05, 4.69) is 15.3 Å². The number of para-hydroxylation sites is 1. The number of fused-ring (bicyclic) bond motifs is 1. The Hall–Kier alpha value is -3.52. The number of nitrogens with one attached hydrogen (secondary N) is 1. The van der Waals surface area contributed by atoms with E-state index in [1.165, 1.54) is 11.8 Å². The largest absolute Gasteiger partial charge is 0.497 e. The van der Waals surface area contributed by atoms with Crippen LogP contribution in [0.15, 0.2) is 70.5 Å². The highest BCUT2D eigenvalue weighted by molar-refractivity contribution is 7.98.